The van der Waals surface area contributed by atoms with Crippen LogP contribution in [0.3, 0.4) is 0 Å². The number of allylic oxidation sites excluding steroid dienone is 1. The Morgan fingerprint density at radius 2 is 1.62 bits per heavy atom. The molecule has 4 rings (SSSR count). The van der Waals surface area contributed by atoms with Crippen LogP contribution in [0.4, 0.5) is 5.69 Å². The minimum atomic E-state index is 0.157. The highest BCUT2D eigenvalue weighted by Crippen LogP contribution is 2.43. The zero-order valence-electron chi connectivity index (χ0n) is 13.9. The van der Waals surface area contributed by atoms with Crippen molar-refractivity contribution in [1.82, 2.24) is 0 Å². The fraction of sp³-hybridized carbons (Fsp3) is 0.227. The first-order chi connectivity index (χ1) is 11.7. The third-order valence-corrected chi connectivity index (χ3v) is 4.93. The van der Waals surface area contributed by atoms with Gasteiger partial charge in [0, 0.05) is 11.3 Å². The van der Waals surface area contributed by atoms with Crippen molar-refractivity contribution in [1.29, 1.82) is 0 Å². The summed E-state index contributed by atoms with van der Waals surface area (Å²) in [5, 5.41) is 0. The Balaban J connectivity index is 1.84. The van der Waals surface area contributed by atoms with E-state index in [9.17, 15) is 4.79 Å². The average Bonchev–Trinajstić information content (AvgIpc) is 2.88. The lowest BCUT2D eigenvalue weighted by atomic mass is 9.85. The Labute approximate surface area is 143 Å². The van der Waals surface area contributed by atoms with Crippen molar-refractivity contribution < 1.29 is 4.79 Å². The van der Waals surface area contributed by atoms with Gasteiger partial charge < -0.3 is 0 Å². The molecule has 1 aliphatic heterocycles. The quantitative estimate of drug-likeness (QED) is 0.746. The number of nitrogens with zero attached hydrogens (tertiary/aromatic N) is 1. The van der Waals surface area contributed by atoms with Gasteiger partial charge in [0.15, 0.2) is 0 Å². The van der Waals surface area contributed by atoms with Gasteiger partial charge in [-0.2, -0.15) is 0 Å². The predicted octanol–water partition coefficient (Wildman–Crippen LogP) is 5.19. The first-order valence-corrected chi connectivity index (χ1v) is 8.62. The molecule has 1 unspecified atom stereocenters. The highest BCUT2D eigenvalue weighted by Gasteiger charge is 2.38. The van der Waals surface area contributed by atoms with Crippen LogP contribution in [0.15, 0.2) is 77.5 Å². The number of benzene rings is 2. The summed E-state index contributed by atoms with van der Waals surface area (Å²) in [6.07, 6.45) is 5.19. The van der Waals surface area contributed by atoms with Crippen LogP contribution < -0.4 is 4.90 Å². The first-order valence-electron chi connectivity index (χ1n) is 8.62. The summed E-state index contributed by atoms with van der Waals surface area (Å²) in [6, 6.07) is 20.3. The van der Waals surface area contributed by atoms with Crippen molar-refractivity contribution in [2.24, 2.45) is 5.92 Å². The summed E-state index contributed by atoms with van der Waals surface area (Å²) in [5.74, 6) is 0.742. The van der Waals surface area contributed by atoms with Crippen molar-refractivity contribution in [2.75, 3.05) is 4.90 Å². The molecule has 2 heteroatoms. The highest BCUT2D eigenvalue weighted by atomic mass is 16.2. The lowest BCUT2D eigenvalue weighted by molar-refractivity contribution is -0.114. The molecule has 0 spiro atoms. The molecule has 24 heavy (non-hydrogen) atoms. The van der Waals surface area contributed by atoms with Crippen LogP contribution in [0.1, 0.15) is 31.7 Å². The number of hydrogen-bond donors (Lipinski definition) is 0. The second-order valence-electron chi connectivity index (χ2n) is 6.72. The topological polar surface area (TPSA) is 20.3 Å². The van der Waals surface area contributed by atoms with E-state index in [4.69, 9.17) is 0 Å². The third-order valence-electron chi connectivity index (χ3n) is 4.93. The summed E-state index contributed by atoms with van der Waals surface area (Å²) in [7, 11) is 0. The summed E-state index contributed by atoms with van der Waals surface area (Å²) in [4.78, 5) is 15.0. The Hall–Kier alpha value is -2.61. The molecule has 1 heterocycles. The normalized spacial score (nSPS) is 22.2. The van der Waals surface area contributed by atoms with Gasteiger partial charge in [0.25, 0.3) is 5.91 Å². The standard InChI is InChI=1S/C22H21NO/c1-16-12-13-19-20(14-16)22(24)23(18-10-6-3-7-11-18)21(19)15-17-8-4-2-5-9-17/h2-11,15-16H,12-14H2,1H3/b21-15-. The minimum Gasteiger partial charge on any atom is -0.277 e. The zero-order valence-corrected chi connectivity index (χ0v) is 13.9. The van der Waals surface area contributed by atoms with Gasteiger partial charge in [0.2, 0.25) is 0 Å². The summed E-state index contributed by atoms with van der Waals surface area (Å²) in [5.41, 5.74) is 5.39. The van der Waals surface area contributed by atoms with Crippen LogP contribution in [0.25, 0.3) is 6.08 Å². The number of para-hydroxylation sites is 1. The molecule has 1 amide bonds. The van der Waals surface area contributed by atoms with Gasteiger partial charge in [-0.25, -0.2) is 0 Å². The number of carbonyl (C=O) groups is 1. The molecule has 1 atom stereocenters. The van der Waals surface area contributed by atoms with E-state index in [1.54, 1.807) is 0 Å². The Bertz CT molecular complexity index is 818. The van der Waals surface area contributed by atoms with Crippen molar-refractivity contribution in [2.45, 2.75) is 26.2 Å². The van der Waals surface area contributed by atoms with E-state index >= 15 is 0 Å². The Morgan fingerprint density at radius 1 is 0.958 bits per heavy atom. The molecule has 0 bridgehead atoms. The Kier molecular flexibility index (Phi) is 3.81. The van der Waals surface area contributed by atoms with Crippen molar-refractivity contribution in [3.8, 4) is 0 Å². The van der Waals surface area contributed by atoms with Crippen LogP contribution >= 0.6 is 0 Å². The highest BCUT2D eigenvalue weighted by molar-refractivity contribution is 6.14. The van der Waals surface area contributed by atoms with E-state index in [-0.39, 0.29) is 5.91 Å². The number of amides is 1. The maximum absolute atomic E-state index is 13.1. The molecule has 0 radical (unpaired) electrons. The van der Waals surface area contributed by atoms with Crippen molar-refractivity contribution >= 4 is 17.7 Å². The van der Waals surface area contributed by atoms with Crippen molar-refractivity contribution in [3.63, 3.8) is 0 Å². The molecule has 0 saturated carbocycles. The largest absolute Gasteiger partial charge is 0.277 e. The van der Waals surface area contributed by atoms with E-state index in [1.807, 2.05) is 53.4 Å². The summed E-state index contributed by atoms with van der Waals surface area (Å²) >= 11 is 0. The van der Waals surface area contributed by atoms with Crippen LogP contribution in [-0.4, -0.2) is 5.91 Å². The second kappa shape index (κ2) is 6.12. The molecule has 2 aromatic rings. The third kappa shape index (κ3) is 2.58. The molecule has 0 aromatic heterocycles. The molecule has 2 nitrogen and oxygen atoms in total. The maximum Gasteiger partial charge on any atom is 0.259 e. The number of hydrogen-bond acceptors (Lipinski definition) is 1. The van der Waals surface area contributed by atoms with Crippen LogP contribution in [0.2, 0.25) is 0 Å². The number of carbonyl (C=O) groups excluding carboxylic acids is 1. The summed E-state index contributed by atoms with van der Waals surface area (Å²) in [6.45, 7) is 2.24. The first kappa shape index (κ1) is 14.9. The molecular weight excluding hydrogens is 294 g/mol. The van der Waals surface area contributed by atoms with Crippen LogP contribution in [0, 0.1) is 5.92 Å². The van der Waals surface area contributed by atoms with Crippen molar-refractivity contribution in [3.05, 3.63) is 83.1 Å². The van der Waals surface area contributed by atoms with Gasteiger partial charge in [-0.3, -0.25) is 9.69 Å². The van der Waals surface area contributed by atoms with Gasteiger partial charge in [0.05, 0.1) is 5.70 Å². The fourth-order valence-electron chi connectivity index (χ4n) is 3.69. The van der Waals surface area contributed by atoms with Gasteiger partial charge in [-0.1, -0.05) is 55.5 Å². The van der Waals surface area contributed by atoms with E-state index in [0.29, 0.717) is 5.92 Å². The average molecular weight is 315 g/mol. The molecule has 2 aromatic carbocycles. The predicted molar refractivity (Wildman–Crippen MR) is 98.4 cm³/mol. The van der Waals surface area contributed by atoms with E-state index in [0.717, 1.165) is 41.8 Å². The van der Waals surface area contributed by atoms with Gasteiger partial charge in [-0.05, 0) is 54.5 Å². The van der Waals surface area contributed by atoms with E-state index < -0.39 is 0 Å². The van der Waals surface area contributed by atoms with E-state index in [1.165, 1.54) is 5.57 Å². The van der Waals surface area contributed by atoms with Gasteiger partial charge >= 0.3 is 0 Å². The summed E-state index contributed by atoms with van der Waals surface area (Å²) < 4.78 is 0. The maximum atomic E-state index is 13.1. The molecule has 0 fully saturated rings. The smallest absolute Gasteiger partial charge is 0.259 e. The molecular formula is C22H21NO. The minimum absolute atomic E-state index is 0.157. The second-order valence-corrected chi connectivity index (χ2v) is 6.72. The number of anilines is 1. The molecule has 2 aliphatic rings. The van der Waals surface area contributed by atoms with Gasteiger partial charge in [0.1, 0.15) is 0 Å². The number of rotatable bonds is 2. The molecule has 0 N–H and O–H groups in total. The SMILES string of the molecule is CC1CCC2=C(C1)C(=O)N(c1ccccc1)/C2=C\c1ccccc1. The molecule has 120 valence electrons. The van der Waals surface area contributed by atoms with E-state index in [2.05, 4.69) is 25.1 Å². The molecule has 1 aliphatic carbocycles. The lowest BCUT2D eigenvalue weighted by Gasteiger charge is -2.20. The zero-order chi connectivity index (χ0) is 16.5. The monoisotopic (exact) mass is 315 g/mol. The fourth-order valence-corrected chi connectivity index (χ4v) is 3.69. The lowest BCUT2D eigenvalue weighted by Crippen LogP contribution is -2.25. The molecule has 0 saturated heterocycles. The van der Waals surface area contributed by atoms with Crippen LogP contribution in [-0.2, 0) is 4.79 Å². The van der Waals surface area contributed by atoms with Crippen LogP contribution in [0.5, 0.6) is 0 Å². The Morgan fingerprint density at radius 3 is 2.33 bits per heavy atom. The van der Waals surface area contributed by atoms with Gasteiger partial charge in [-0.15, -0.1) is 0 Å².